The van der Waals surface area contributed by atoms with Crippen molar-refractivity contribution in [3.63, 3.8) is 0 Å². The highest BCUT2D eigenvalue weighted by molar-refractivity contribution is 7.24. The average Bonchev–Trinajstić information content (AvgIpc) is 3.74. The molecule has 0 fully saturated rings. The van der Waals surface area contributed by atoms with Crippen molar-refractivity contribution < 1.29 is 28.8 Å². The zero-order valence-corrected chi connectivity index (χ0v) is 24.8. The quantitative estimate of drug-likeness (QED) is 0.144. The van der Waals surface area contributed by atoms with Crippen LogP contribution in [0.3, 0.4) is 0 Å². The molecule has 0 saturated heterocycles. The van der Waals surface area contributed by atoms with Crippen LogP contribution in [-0.2, 0) is 4.79 Å². The van der Waals surface area contributed by atoms with Gasteiger partial charge in [-0.25, -0.2) is 4.79 Å². The second-order valence-electron chi connectivity index (χ2n) is 9.88. The number of carboxylic acid groups (broad SMARTS) is 1. The molecule has 0 saturated carbocycles. The van der Waals surface area contributed by atoms with Crippen LogP contribution in [0.15, 0.2) is 90.5 Å². The normalized spacial score (nSPS) is 13.7. The Morgan fingerprint density at radius 3 is 1.80 bits per heavy atom. The molecule has 44 heavy (non-hydrogen) atoms. The lowest BCUT2D eigenvalue weighted by Gasteiger charge is -2.28. The fourth-order valence-corrected chi connectivity index (χ4v) is 7.09. The molecule has 0 radical (unpaired) electrons. The minimum absolute atomic E-state index is 0.285. The molecule has 3 aromatic carbocycles. The van der Waals surface area contributed by atoms with Gasteiger partial charge in [0.15, 0.2) is 23.0 Å². The number of thiophene rings is 2. The largest absolute Gasteiger partial charge is 0.486 e. The van der Waals surface area contributed by atoms with E-state index >= 15 is 0 Å². The lowest BCUT2D eigenvalue weighted by molar-refractivity contribution is -0.132. The van der Waals surface area contributed by atoms with Crippen LogP contribution >= 0.6 is 22.7 Å². The van der Waals surface area contributed by atoms with Crippen molar-refractivity contribution in [2.24, 2.45) is 0 Å². The van der Waals surface area contributed by atoms with Crippen molar-refractivity contribution in [3.05, 3.63) is 95.4 Å². The maximum atomic E-state index is 11.2. The van der Waals surface area contributed by atoms with Crippen molar-refractivity contribution in [1.29, 1.82) is 5.26 Å². The number of hydrogen-bond acceptors (Lipinski definition) is 9. The molecule has 7 rings (SSSR count). The Hall–Kier alpha value is -5.24. The van der Waals surface area contributed by atoms with Crippen LogP contribution in [0, 0.1) is 11.3 Å². The third-order valence-electron chi connectivity index (χ3n) is 7.09. The Morgan fingerprint density at radius 1 is 0.682 bits per heavy atom. The molecule has 2 aliphatic heterocycles. The molecular weight excluding hydrogens is 597 g/mol. The Balaban J connectivity index is 1.20. The van der Waals surface area contributed by atoms with Crippen LogP contribution in [0.1, 0.15) is 4.88 Å². The van der Waals surface area contributed by atoms with Crippen LogP contribution in [0.25, 0.3) is 26.3 Å². The minimum Gasteiger partial charge on any atom is -0.486 e. The first-order valence-corrected chi connectivity index (χ1v) is 15.4. The van der Waals surface area contributed by atoms with Gasteiger partial charge >= 0.3 is 5.97 Å². The van der Waals surface area contributed by atoms with Crippen molar-refractivity contribution in [2.45, 2.75) is 0 Å². The van der Waals surface area contributed by atoms with E-state index in [1.165, 1.54) is 17.4 Å². The predicted octanol–water partition coefficient (Wildman–Crippen LogP) is 8.15. The minimum atomic E-state index is -1.23. The first-order chi connectivity index (χ1) is 21.6. The van der Waals surface area contributed by atoms with Crippen molar-refractivity contribution >= 4 is 51.8 Å². The fourth-order valence-electron chi connectivity index (χ4n) is 5.04. The van der Waals surface area contributed by atoms with Crippen LogP contribution in [0.2, 0.25) is 0 Å². The number of aliphatic carboxylic acids is 1. The molecule has 10 heteroatoms. The van der Waals surface area contributed by atoms with Crippen molar-refractivity contribution in [2.75, 3.05) is 31.3 Å². The van der Waals surface area contributed by atoms with Crippen molar-refractivity contribution in [1.82, 2.24) is 0 Å². The van der Waals surface area contributed by atoms with Gasteiger partial charge < -0.3 is 29.0 Å². The van der Waals surface area contributed by atoms with Gasteiger partial charge in [0, 0.05) is 37.3 Å². The number of benzene rings is 3. The van der Waals surface area contributed by atoms with Gasteiger partial charge in [0.25, 0.3) is 0 Å². The molecule has 2 aromatic heterocycles. The molecule has 0 spiro atoms. The van der Waals surface area contributed by atoms with E-state index in [0.717, 1.165) is 53.6 Å². The Morgan fingerprint density at radius 2 is 1.20 bits per heavy atom. The van der Waals surface area contributed by atoms with Gasteiger partial charge in [-0.2, -0.15) is 5.26 Å². The van der Waals surface area contributed by atoms with Crippen LogP contribution < -0.4 is 23.8 Å². The molecule has 8 nitrogen and oxygen atoms in total. The summed E-state index contributed by atoms with van der Waals surface area (Å²) >= 11 is 3.11. The predicted molar refractivity (Wildman–Crippen MR) is 171 cm³/mol. The topological polar surface area (TPSA) is 101 Å². The highest BCUT2D eigenvalue weighted by atomic mass is 32.1. The first kappa shape index (κ1) is 27.6. The summed E-state index contributed by atoms with van der Waals surface area (Å²) in [5.41, 5.74) is 3.58. The number of nitriles is 1. The summed E-state index contributed by atoms with van der Waals surface area (Å²) in [6, 6.07) is 29.9. The molecule has 0 aliphatic carbocycles. The maximum absolute atomic E-state index is 11.2. The summed E-state index contributed by atoms with van der Waals surface area (Å²) in [5.74, 6) is 1.64. The van der Waals surface area contributed by atoms with Gasteiger partial charge in [0.2, 0.25) is 0 Å². The highest BCUT2D eigenvalue weighted by Crippen LogP contribution is 2.44. The van der Waals surface area contributed by atoms with E-state index in [1.807, 2.05) is 48.5 Å². The number of carboxylic acids is 1. The van der Waals surface area contributed by atoms with E-state index in [4.69, 9.17) is 29.3 Å². The molecule has 0 bridgehead atoms. The molecule has 218 valence electrons. The Kier molecular flexibility index (Phi) is 7.40. The Bertz CT molecular complexity index is 1880. The van der Waals surface area contributed by atoms with Crippen LogP contribution in [0.4, 0.5) is 17.1 Å². The third-order valence-corrected chi connectivity index (χ3v) is 9.45. The lowest BCUT2D eigenvalue weighted by atomic mass is 10.1. The number of fused-ring (bicyclic) bond motifs is 2. The molecule has 2 aliphatic rings. The van der Waals surface area contributed by atoms with E-state index in [0.29, 0.717) is 37.9 Å². The van der Waals surface area contributed by atoms with Crippen molar-refractivity contribution in [3.8, 4) is 49.3 Å². The summed E-state index contributed by atoms with van der Waals surface area (Å²) in [5, 5.41) is 18.2. The maximum Gasteiger partial charge on any atom is 0.346 e. The van der Waals surface area contributed by atoms with E-state index < -0.39 is 5.97 Å². The SMILES string of the molecule is N#C/C(=C\c1ccc(-c2ccc(-c3ccc(N(c4ccc5c(c4)OCCO5)c4ccc5c(c4)OCCO5)cc3)s2)s1)C(=O)O. The first-order valence-electron chi connectivity index (χ1n) is 13.8. The second-order valence-corrected chi connectivity index (χ2v) is 12.1. The molecule has 0 amide bonds. The van der Waals surface area contributed by atoms with Gasteiger partial charge in [0.1, 0.15) is 38.1 Å². The van der Waals surface area contributed by atoms with E-state index in [-0.39, 0.29) is 5.57 Å². The molecule has 1 N–H and O–H groups in total. The smallest absolute Gasteiger partial charge is 0.346 e. The highest BCUT2D eigenvalue weighted by Gasteiger charge is 2.21. The van der Waals surface area contributed by atoms with Crippen LogP contribution in [0.5, 0.6) is 23.0 Å². The molecular formula is C34H24N2O6S2. The molecule has 5 aromatic rings. The standard InChI is InChI=1S/C34H24N2O6S2/c35-20-22(34(37)38)17-26-7-10-32(43-26)33-12-11-31(44-33)21-1-3-23(4-2-21)36(24-5-8-27-29(18-24)41-15-13-39-27)25-6-9-28-30(19-25)42-16-14-40-28/h1-12,17-19H,13-16H2,(H,37,38)/b22-17+. The summed E-state index contributed by atoms with van der Waals surface area (Å²) in [6.07, 6.45) is 1.40. The number of carbonyl (C=O) groups is 1. The summed E-state index contributed by atoms with van der Waals surface area (Å²) in [7, 11) is 0. The number of hydrogen-bond donors (Lipinski definition) is 1. The zero-order valence-electron chi connectivity index (χ0n) is 23.2. The zero-order chi connectivity index (χ0) is 30.0. The van der Waals surface area contributed by atoms with Gasteiger partial charge in [-0.15, -0.1) is 22.7 Å². The van der Waals surface area contributed by atoms with Gasteiger partial charge in [-0.05, 0) is 72.3 Å². The van der Waals surface area contributed by atoms with E-state index in [2.05, 4.69) is 41.3 Å². The monoisotopic (exact) mass is 620 g/mol. The van der Waals surface area contributed by atoms with Gasteiger partial charge in [-0.3, -0.25) is 0 Å². The number of nitrogens with zero attached hydrogens (tertiary/aromatic N) is 2. The fraction of sp³-hybridized carbons (Fsp3) is 0.118. The molecule has 0 atom stereocenters. The van der Waals surface area contributed by atoms with Gasteiger partial charge in [-0.1, -0.05) is 12.1 Å². The van der Waals surface area contributed by atoms with E-state index in [9.17, 15) is 4.79 Å². The summed E-state index contributed by atoms with van der Waals surface area (Å²) in [4.78, 5) is 17.2. The summed E-state index contributed by atoms with van der Waals surface area (Å²) in [6.45, 7) is 2.07. The number of ether oxygens (including phenoxy) is 4. The second kappa shape index (κ2) is 11.8. The summed E-state index contributed by atoms with van der Waals surface area (Å²) < 4.78 is 23.3. The molecule has 4 heterocycles. The third kappa shape index (κ3) is 5.46. The number of anilines is 3. The van der Waals surface area contributed by atoms with Gasteiger partial charge in [0.05, 0.1) is 11.4 Å². The van der Waals surface area contributed by atoms with E-state index in [1.54, 1.807) is 17.4 Å². The lowest BCUT2D eigenvalue weighted by Crippen LogP contribution is -2.17. The number of rotatable bonds is 7. The Labute approximate surface area is 261 Å². The molecule has 0 unspecified atom stereocenters. The average molecular weight is 621 g/mol. The van der Waals surface area contributed by atoms with Crippen LogP contribution in [-0.4, -0.2) is 37.5 Å².